The van der Waals surface area contributed by atoms with Crippen molar-refractivity contribution in [3.63, 3.8) is 0 Å². The smallest absolute Gasteiger partial charge is 0.335 e. The Morgan fingerprint density at radius 2 is 1.45 bits per heavy atom. The van der Waals surface area contributed by atoms with Gasteiger partial charge in [-0.05, 0) is 39.5 Å². The maximum absolute atomic E-state index is 11.9. The molecule has 170 valence electrons. The Hall–Kier alpha value is -1.36. The van der Waals surface area contributed by atoms with Crippen LogP contribution >= 0.6 is 0 Å². The lowest BCUT2D eigenvalue weighted by Crippen LogP contribution is -2.30. The number of allylic oxidation sites excluding steroid dienone is 1. The molecule has 29 heavy (non-hydrogen) atoms. The van der Waals surface area contributed by atoms with Crippen LogP contribution in [0.1, 0.15) is 104 Å². The van der Waals surface area contributed by atoms with Crippen molar-refractivity contribution < 1.29 is 24.2 Å². The van der Waals surface area contributed by atoms with Crippen molar-refractivity contribution in [3.05, 3.63) is 12.2 Å². The van der Waals surface area contributed by atoms with Gasteiger partial charge in [0.15, 0.2) is 6.10 Å². The van der Waals surface area contributed by atoms with Crippen LogP contribution in [-0.2, 0) is 19.1 Å². The zero-order valence-corrected chi connectivity index (χ0v) is 19.0. The normalized spacial score (nSPS) is 13.4. The molecule has 0 fully saturated rings. The molecule has 0 aliphatic rings. The molecule has 0 saturated carbocycles. The molecule has 0 saturated heterocycles. The van der Waals surface area contributed by atoms with Crippen LogP contribution in [0, 0.1) is 5.92 Å². The summed E-state index contributed by atoms with van der Waals surface area (Å²) in [6.07, 6.45) is 16.3. The minimum Gasteiger partial charge on any atom is -0.466 e. The number of unbranched alkanes of at least 4 members (excludes halogenated alkanes) is 9. The standard InChI is InChI=1S/C24H44O5/c1-4-7-8-9-10-12-15-18-21(23(26)24(27)29-6-3)19-16-13-11-14-17-20-22(25)28-5-2/h15,18,21,23,26H,4-14,16-17,19-20H2,1-3H3/b18-15+. The van der Waals surface area contributed by atoms with Crippen LogP contribution in [-0.4, -0.2) is 36.4 Å². The van der Waals surface area contributed by atoms with Gasteiger partial charge in [0.1, 0.15) is 0 Å². The molecule has 0 aromatic carbocycles. The van der Waals surface area contributed by atoms with E-state index in [-0.39, 0.29) is 18.5 Å². The van der Waals surface area contributed by atoms with Gasteiger partial charge >= 0.3 is 11.9 Å². The van der Waals surface area contributed by atoms with Gasteiger partial charge in [-0.2, -0.15) is 0 Å². The van der Waals surface area contributed by atoms with Gasteiger partial charge in [-0.15, -0.1) is 0 Å². The van der Waals surface area contributed by atoms with Crippen LogP contribution in [0.15, 0.2) is 12.2 Å². The quantitative estimate of drug-likeness (QED) is 0.166. The topological polar surface area (TPSA) is 72.8 Å². The maximum Gasteiger partial charge on any atom is 0.335 e. The highest BCUT2D eigenvalue weighted by Crippen LogP contribution is 2.19. The van der Waals surface area contributed by atoms with Crippen molar-refractivity contribution in [3.8, 4) is 0 Å². The van der Waals surface area contributed by atoms with Gasteiger partial charge in [0.25, 0.3) is 0 Å². The first-order chi connectivity index (χ1) is 14.1. The number of carbonyl (C=O) groups is 2. The summed E-state index contributed by atoms with van der Waals surface area (Å²) in [6, 6.07) is 0. The lowest BCUT2D eigenvalue weighted by Gasteiger charge is -2.18. The molecule has 2 atom stereocenters. The minimum atomic E-state index is -1.09. The summed E-state index contributed by atoms with van der Waals surface area (Å²) in [6.45, 7) is 6.50. The van der Waals surface area contributed by atoms with Crippen LogP contribution in [0.2, 0.25) is 0 Å². The second kappa shape index (κ2) is 19.9. The molecule has 0 aliphatic carbocycles. The molecule has 5 heteroatoms. The van der Waals surface area contributed by atoms with Crippen LogP contribution < -0.4 is 0 Å². The Bertz CT molecular complexity index is 433. The fraction of sp³-hybridized carbons (Fsp3) is 0.833. The van der Waals surface area contributed by atoms with Crippen molar-refractivity contribution in [2.45, 2.75) is 110 Å². The predicted octanol–water partition coefficient (Wildman–Crippen LogP) is 5.74. The van der Waals surface area contributed by atoms with E-state index in [9.17, 15) is 14.7 Å². The Morgan fingerprint density at radius 1 is 0.828 bits per heavy atom. The highest BCUT2D eigenvalue weighted by atomic mass is 16.5. The van der Waals surface area contributed by atoms with E-state index in [4.69, 9.17) is 9.47 Å². The average Bonchev–Trinajstić information content (AvgIpc) is 2.70. The maximum atomic E-state index is 11.9. The second-order valence-corrected chi connectivity index (χ2v) is 7.60. The number of aliphatic hydroxyl groups is 1. The third-order valence-electron chi connectivity index (χ3n) is 5.01. The monoisotopic (exact) mass is 412 g/mol. The third-order valence-corrected chi connectivity index (χ3v) is 5.01. The molecule has 0 aromatic heterocycles. The van der Waals surface area contributed by atoms with Crippen LogP contribution in [0.4, 0.5) is 0 Å². The fourth-order valence-electron chi connectivity index (χ4n) is 3.31. The number of hydrogen-bond acceptors (Lipinski definition) is 5. The van der Waals surface area contributed by atoms with Crippen LogP contribution in [0.3, 0.4) is 0 Å². The van der Waals surface area contributed by atoms with Gasteiger partial charge in [-0.3, -0.25) is 4.79 Å². The third kappa shape index (κ3) is 16.2. The molecular formula is C24H44O5. The van der Waals surface area contributed by atoms with E-state index < -0.39 is 12.1 Å². The first kappa shape index (κ1) is 27.6. The Kier molecular flexibility index (Phi) is 19.0. The highest BCUT2D eigenvalue weighted by molar-refractivity contribution is 5.75. The van der Waals surface area contributed by atoms with Crippen molar-refractivity contribution in [1.82, 2.24) is 0 Å². The molecule has 0 amide bonds. The van der Waals surface area contributed by atoms with Crippen molar-refractivity contribution >= 4 is 11.9 Å². The van der Waals surface area contributed by atoms with E-state index >= 15 is 0 Å². The zero-order valence-electron chi connectivity index (χ0n) is 19.0. The summed E-state index contributed by atoms with van der Waals surface area (Å²) in [4.78, 5) is 23.2. The molecule has 0 aromatic rings. The zero-order chi connectivity index (χ0) is 21.7. The summed E-state index contributed by atoms with van der Waals surface area (Å²) < 4.78 is 9.92. The lowest BCUT2D eigenvalue weighted by molar-refractivity contribution is -0.155. The number of rotatable bonds is 19. The summed E-state index contributed by atoms with van der Waals surface area (Å²) in [5.41, 5.74) is 0. The fourth-order valence-corrected chi connectivity index (χ4v) is 3.31. The van der Waals surface area contributed by atoms with E-state index in [0.29, 0.717) is 13.0 Å². The summed E-state index contributed by atoms with van der Waals surface area (Å²) >= 11 is 0. The molecule has 0 rings (SSSR count). The van der Waals surface area contributed by atoms with E-state index in [0.717, 1.165) is 51.4 Å². The number of esters is 2. The SMILES string of the molecule is CCCCCCC/C=C/C(CCCCCCCC(=O)OCC)C(O)C(=O)OCC. The van der Waals surface area contributed by atoms with E-state index in [2.05, 4.69) is 13.0 Å². The molecule has 0 heterocycles. The van der Waals surface area contributed by atoms with Crippen LogP contribution in [0.25, 0.3) is 0 Å². The number of hydrogen-bond donors (Lipinski definition) is 1. The molecular weight excluding hydrogens is 368 g/mol. The van der Waals surface area contributed by atoms with Crippen molar-refractivity contribution in [2.75, 3.05) is 13.2 Å². The summed E-state index contributed by atoms with van der Waals surface area (Å²) in [5.74, 6) is -0.839. The van der Waals surface area contributed by atoms with E-state index in [1.165, 1.54) is 25.7 Å². The van der Waals surface area contributed by atoms with Gasteiger partial charge in [0.2, 0.25) is 0 Å². The molecule has 1 N–H and O–H groups in total. The van der Waals surface area contributed by atoms with Crippen LogP contribution in [0.5, 0.6) is 0 Å². The molecule has 0 aliphatic heterocycles. The van der Waals surface area contributed by atoms with Gasteiger partial charge < -0.3 is 14.6 Å². The Morgan fingerprint density at radius 3 is 2.14 bits per heavy atom. The van der Waals surface area contributed by atoms with Gasteiger partial charge in [0, 0.05) is 12.3 Å². The van der Waals surface area contributed by atoms with Crippen molar-refractivity contribution in [2.24, 2.45) is 5.92 Å². The van der Waals surface area contributed by atoms with Crippen molar-refractivity contribution in [1.29, 1.82) is 0 Å². The lowest BCUT2D eigenvalue weighted by atomic mass is 9.93. The first-order valence-electron chi connectivity index (χ1n) is 11.7. The molecule has 2 unspecified atom stereocenters. The molecule has 5 nitrogen and oxygen atoms in total. The average molecular weight is 413 g/mol. The van der Waals surface area contributed by atoms with Gasteiger partial charge in [0.05, 0.1) is 13.2 Å². The van der Waals surface area contributed by atoms with E-state index in [1.54, 1.807) is 6.92 Å². The summed E-state index contributed by atoms with van der Waals surface area (Å²) in [7, 11) is 0. The largest absolute Gasteiger partial charge is 0.466 e. The summed E-state index contributed by atoms with van der Waals surface area (Å²) in [5, 5.41) is 10.4. The van der Waals surface area contributed by atoms with Gasteiger partial charge in [-0.1, -0.05) is 70.4 Å². The predicted molar refractivity (Wildman–Crippen MR) is 118 cm³/mol. The number of carbonyl (C=O) groups excluding carboxylic acids is 2. The van der Waals surface area contributed by atoms with Gasteiger partial charge in [-0.25, -0.2) is 4.79 Å². The molecule has 0 bridgehead atoms. The first-order valence-corrected chi connectivity index (χ1v) is 11.7. The van der Waals surface area contributed by atoms with E-state index in [1.807, 2.05) is 13.0 Å². The minimum absolute atomic E-state index is 0.120. The highest BCUT2D eigenvalue weighted by Gasteiger charge is 2.24. The second-order valence-electron chi connectivity index (χ2n) is 7.60. The number of ether oxygens (including phenoxy) is 2. The number of aliphatic hydroxyl groups excluding tert-OH is 1. The Balaban J connectivity index is 4.21. The Labute approximate surface area is 178 Å². The molecule has 0 spiro atoms. The molecule has 0 radical (unpaired) electrons.